The minimum Gasteiger partial charge on any atom is -0.345 e. The smallest absolute Gasteiger partial charge is 0.230 e. The zero-order chi connectivity index (χ0) is 18.4. The Kier molecular flexibility index (Phi) is 6.43. The number of carbonyl (C=O) groups is 1. The summed E-state index contributed by atoms with van der Waals surface area (Å²) >= 11 is 5.95. The minimum absolute atomic E-state index is 0.0131. The quantitative estimate of drug-likeness (QED) is 0.503. The van der Waals surface area contributed by atoms with Gasteiger partial charge in [0.25, 0.3) is 0 Å². The highest BCUT2D eigenvalue weighted by molar-refractivity contribution is 6.19. The van der Waals surface area contributed by atoms with E-state index < -0.39 is 5.41 Å². The lowest BCUT2D eigenvalue weighted by atomic mass is 9.94. The van der Waals surface area contributed by atoms with Crippen molar-refractivity contribution in [3.63, 3.8) is 0 Å². The van der Waals surface area contributed by atoms with Gasteiger partial charge in [-0.15, -0.1) is 18.2 Å². The van der Waals surface area contributed by atoms with Crippen LogP contribution in [0.15, 0.2) is 55.3 Å². The van der Waals surface area contributed by atoms with Gasteiger partial charge in [-0.3, -0.25) is 4.79 Å². The highest BCUT2D eigenvalue weighted by Crippen LogP contribution is 2.22. The van der Waals surface area contributed by atoms with Crippen molar-refractivity contribution in [1.82, 2.24) is 9.47 Å². The Morgan fingerprint density at radius 2 is 2.12 bits per heavy atom. The van der Waals surface area contributed by atoms with E-state index in [1.54, 1.807) is 17.0 Å². The highest BCUT2D eigenvalue weighted by atomic mass is 35.5. The van der Waals surface area contributed by atoms with E-state index in [0.717, 1.165) is 11.3 Å². The number of rotatable bonds is 8. The number of halogens is 2. The number of nitrogens with zero attached hydrogens (tertiary/aromatic N) is 2. The molecular weight excluding hydrogens is 339 g/mol. The van der Waals surface area contributed by atoms with E-state index in [1.165, 1.54) is 12.1 Å². The lowest BCUT2D eigenvalue weighted by molar-refractivity contribution is -0.139. The molecule has 1 heterocycles. The van der Waals surface area contributed by atoms with Crippen molar-refractivity contribution in [3.8, 4) is 0 Å². The Labute approximate surface area is 153 Å². The van der Waals surface area contributed by atoms with Crippen LogP contribution in [0.4, 0.5) is 4.39 Å². The molecule has 2 aromatic rings. The molecule has 0 aliphatic carbocycles. The summed E-state index contributed by atoms with van der Waals surface area (Å²) in [6, 6.07) is 10.4. The second kappa shape index (κ2) is 8.34. The molecule has 5 heteroatoms. The van der Waals surface area contributed by atoms with Crippen LogP contribution in [0.3, 0.4) is 0 Å². The van der Waals surface area contributed by atoms with Crippen LogP contribution in [-0.2, 0) is 17.9 Å². The molecule has 0 saturated carbocycles. The van der Waals surface area contributed by atoms with E-state index in [9.17, 15) is 9.18 Å². The average molecular weight is 363 g/mol. The zero-order valence-electron chi connectivity index (χ0n) is 14.7. The van der Waals surface area contributed by atoms with Crippen LogP contribution in [0.25, 0.3) is 0 Å². The summed E-state index contributed by atoms with van der Waals surface area (Å²) < 4.78 is 15.4. The summed E-state index contributed by atoms with van der Waals surface area (Å²) in [6.07, 6.45) is 3.64. The maximum absolute atomic E-state index is 13.4. The van der Waals surface area contributed by atoms with Crippen molar-refractivity contribution >= 4 is 17.5 Å². The molecule has 0 fully saturated rings. The van der Waals surface area contributed by atoms with Gasteiger partial charge >= 0.3 is 0 Å². The minimum atomic E-state index is -0.634. The molecule has 0 aliphatic heterocycles. The first-order valence-electron chi connectivity index (χ1n) is 8.22. The molecule has 0 aliphatic rings. The molecule has 0 N–H and O–H groups in total. The number of benzene rings is 1. The molecule has 0 bridgehead atoms. The fourth-order valence-electron chi connectivity index (χ4n) is 2.64. The van der Waals surface area contributed by atoms with Crippen LogP contribution in [-0.4, -0.2) is 27.8 Å². The van der Waals surface area contributed by atoms with Gasteiger partial charge in [0.1, 0.15) is 5.82 Å². The number of hydrogen-bond acceptors (Lipinski definition) is 1. The summed E-state index contributed by atoms with van der Waals surface area (Å²) in [6.45, 7) is 8.87. The van der Waals surface area contributed by atoms with Crippen molar-refractivity contribution in [3.05, 3.63) is 72.3 Å². The lowest BCUT2D eigenvalue weighted by Crippen LogP contribution is -2.42. The third kappa shape index (κ3) is 4.95. The lowest BCUT2D eigenvalue weighted by Gasteiger charge is -2.30. The predicted octanol–water partition coefficient (Wildman–Crippen LogP) is 4.46. The third-order valence-electron chi connectivity index (χ3n) is 4.07. The van der Waals surface area contributed by atoms with E-state index in [1.807, 2.05) is 42.8 Å². The molecule has 25 heavy (non-hydrogen) atoms. The van der Waals surface area contributed by atoms with Crippen LogP contribution >= 0.6 is 11.6 Å². The standard InChI is InChI=1S/C20H24ClFN2O/c1-4-10-24(19(25)20(2,3)15-21)14-18-9-6-11-23(18)13-16-7-5-8-17(22)12-16/h4-9,11-12H,1,10,13-15H2,2-3H3. The number of amides is 1. The van der Waals surface area contributed by atoms with E-state index in [0.29, 0.717) is 19.6 Å². The number of hydrogen-bond donors (Lipinski definition) is 0. The Hall–Kier alpha value is -2.07. The van der Waals surface area contributed by atoms with Gasteiger partial charge in [0.05, 0.1) is 12.0 Å². The molecular formula is C20H24ClFN2O. The Balaban J connectivity index is 2.19. The summed E-state index contributed by atoms with van der Waals surface area (Å²) in [5.41, 5.74) is 1.22. The fourth-order valence-corrected chi connectivity index (χ4v) is 2.75. The second-order valence-electron chi connectivity index (χ2n) is 6.75. The first-order valence-corrected chi connectivity index (χ1v) is 8.75. The van der Waals surface area contributed by atoms with E-state index in [2.05, 4.69) is 6.58 Å². The molecule has 1 aromatic heterocycles. The summed E-state index contributed by atoms with van der Waals surface area (Å²) in [5, 5.41) is 0. The van der Waals surface area contributed by atoms with Crippen LogP contribution in [0.1, 0.15) is 25.1 Å². The molecule has 1 amide bonds. The molecule has 0 spiro atoms. The molecule has 0 saturated heterocycles. The van der Waals surface area contributed by atoms with Crippen LogP contribution < -0.4 is 0 Å². The molecule has 1 aromatic carbocycles. The molecule has 2 rings (SSSR count). The van der Waals surface area contributed by atoms with Crippen molar-refractivity contribution in [2.24, 2.45) is 5.41 Å². The predicted molar refractivity (Wildman–Crippen MR) is 100 cm³/mol. The van der Waals surface area contributed by atoms with E-state index in [4.69, 9.17) is 11.6 Å². The monoisotopic (exact) mass is 362 g/mol. The van der Waals surface area contributed by atoms with Gasteiger partial charge in [-0.2, -0.15) is 0 Å². The van der Waals surface area contributed by atoms with Crippen molar-refractivity contribution < 1.29 is 9.18 Å². The van der Waals surface area contributed by atoms with Gasteiger partial charge in [-0.05, 0) is 43.7 Å². The normalized spacial score (nSPS) is 11.4. The van der Waals surface area contributed by atoms with Gasteiger partial charge in [-0.25, -0.2) is 4.39 Å². The summed E-state index contributed by atoms with van der Waals surface area (Å²) in [4.78, 5) is 14.5. The molecule has 3 nitrogen and oxygen atoms in total. The third-order valence-corrected chi connectivity index (χ3v) is 4.74. The number of alkyl halides is 1. The molecule has 134 valence electrons. The molecule has 0 atom stereocenters. The maximum atomic E-state index is 13.4. The zero-order valence-corrected chi connectivity index (χ0v) is 15.5. The summed E-state index contributed by atoms with van der Waals surface area (Å²) in [5.74, 6) is -0.0107. The van der Waals surface area contributed by atoms with Crippen LogP contribution in [0.5, 0.6) is 0 Å². The fraction of sp³-hybridized carbons (Fsp3) is 0.350. The van der Waals surface area contributed by atoms with Crippen molar-refractivity contribution in [1.29, 1.82) is 0 Å². The summed E-state index contributed by atoms with van der Waals surface area (Å²) in [7, 11) is 0. The van der Waals surface area contributed by atoms with E-state index in [-0.39, 0.29) is 17.6 Å². The Bertz CT molecular complexity index is 739. The maximum Gasteiger partial charge on any atom is 0.230 e. The van der Waals surface area contributed by atoms with Crippen LogP contribution in [0.2, 0.25) is 0 Å². The first kappa shape index (κ1) is 19.3. The topological polar surface area (TPSA) is 25.2 Å². The number of aromatic nitrogens is 1. The van der Waals surface area contributed by atoms with Crippen LogP contribution in [0, 0.1) is 11.2 Å². The molecule has 0 unspecified atom stereocenters. The van der Waals surface area contributed by atoms with Gasteiger partial charge in [0.15, 0.2) is 0 Å². The van der Waals surface area contributed by atoms with Gasteiger partial charge in [0.2, 0.25) is 5.91 Å². The largest absolute Gasteiger partial charge is 0.345 e. The van der Waals surface area contributed by atoms with Gasteiger partial charge < -0.3 is 9.47 Å². The SMILES string of the molecule is C=CCN(Cc1cccn1Cc1cccc(F)c1)C(=O)C(C)(C)CCl. The van der Waals surface area contributed by atoms with Crippen molar-refractivity contribution in [2.45, 2.75) is 26.9 Å². The van der Waals surface area contributed by atoms with E-state index >= 15 is 0 Å². The highest BCUT2D eigenvalue weighted by Gasteiger charge is 2.31. The Morgan fingerprint density at radius 3 is 2.76 bits per heavy atom. The van der Waals surface area contributed by atoms with Gasteiger partial charge in [0, 0.05) is 30.9 Å². The van der Waals surface area contributed by atoms with Gasteiger partial charge in [-0.1, -0.05) is 18.2 Å². The molecule has 0 radical (unpaired) electrons. The second-order valence-corrected chi connectivity index (χ2v) is 7.02. The Morgan fingerprint density at radius 1 is 1.36 bits per heavy atom. The number of carbonyl (C=O) groups excluding carboxylic acids is 1. The van der Waals surface area contributed by atoms with Crippen molar-refractivity contribution in [2.75, 3.05) is 12.4 Å². The average Bonchev–Trinajstić information content (AvgIpc) is 3.00. The first-order chi connectivity index (χ1) is 11.9.